The Morgan fingerprint density at radius 1 is 1.28 bits per heavy atom. The number of urea groups is 1. The summed E-state index contributed by atoms with van der Waals surface area (Å²) in [7, 11) is 0. The van der Waals surface area contributed by atoms with Crippen LogP contribution in [0.3, 0.4) is 0 Å². The van der Waals surface area contributed by atoms with Crippen LogP contribution in [-0.2, 0) is 4.74 Å². The Morgan fingerprint density at radius 3 is 2.44 bits per heavy atom. The largest absolute Gasteiger partial charge is 0.448 e. The van der Waals surface area contributed by atoms with Gasteiger partial charge in [-0.1, -0.05) is 33.1 Å². The number of hydrazine groups is 1. The number of primary amides is 1. The van der Waals surface area contributed by atoms with Gasteiger partial charge in [-0.25, -0.2) is 20.0 Å². The molecule has 0 rings (SSSR count). The molecule has 0 aromatic heterocycles. The van der Waals surface area contributed by atoms with E-state index in [0.29, 0.717) is 12.5 Å². The number of hydrogen-bond acceptors (Lipinski definition) is 3. The average molecular weight is 259 g/mol. The molecule has 0 radical (unpaired) electrons. The van der Waals surface area contributed by atoms with Gasteiger partial charge in [0.1, 0.15) is 0 Å². The molecule has 0 bridgehead atoms. The maximum atomic E-state index is 11.5. The molecule has 3 N–H and O–H groups in total. The lowest BCUT2D eigenvalue weighted by Gasteiger charge is -2.21. The third-order valence-corrected chi connectivity index (χ3v) is 2.40. The lowest BCUT2D eigenvalue weighted by Crippen LogP contribution is -2.49. The minimum Gasteiger partial charge on any atom is -0.448 e. The Bertz CT molecular complexity index is 257. The Kier molecular flexibility index (Phi) is 8.78. The van der Waals surface area contributed by atoms with E-state index in [1.807, 2.05) is 0 Å². The van der Waals surface area contributed by atoms with Crippen molar-refractivity contribution in [3.8, 4) is 0 Å². The van der Waals surface area contributed by atoms with E-state index in [-0.39, 0.29) is 6.61 Å². The van der Waals surface area contributed by atoms with E-state index in [9.17, 15) is 9.59 Å². The molecule has 0 aliphatic rings. The predicted molar refractivity (Wildman–Crippen MR) is 69.8 cm³/mol. The number of amides is 3. The van der Waals surface area contributed by atoms with Gasteiger partial charge in [0.15, 0.2) is 0 Å². The van der Waals surface area contributed by atoms with Crippen LogP contribution in [0.5, 0.6) is 0 Å². The summed E-state index contributed by atoms with van der Waals surface area (Å²) in [5.41, 5.74) is 7.26. The third kappa shape index (κ3) is 8.66. The molecule has 0 aromatic rings. The van der Waals surface area contributed by atoms with Crippen molar-refractivity contribution in [1.82, 2.24) is 10.4 Å². The molecule has 0 aliphatic heterocycles. The number of carbonyl (C=O) groups excluding carboxylic acids is 2. The van der Waals surface area contributed by atoms with E-state index in [2.05, 4.69) is 19.3 Å². The summed E-state index contributed by atoms with van der Waals surface area (Å²) >= 11 is 0. The Hall–Kier alpha value is -1.46. The Morgan fingerprint density at radius 2 is 1.94 bits per heavy atom. The smallest absolute Gasteiger partial charge is 0.428 e. The van der Waals surface area contributed by atoms with Crippen molar-refractivity contribution in [2.45, 2.75) is 46.5 Å². The SMILES string of the molecule is CCOC(=O)N(CCCCCC(C)C)NC(N)=O. The van der Waals surface area contributed by atoms with Crippen molar-refractivity contribution >= 4 is 12.1 Å². The van der Waals surface area contributed by atoms with Gasteiger partial charge in [-0.3, -0.25) is 0 Å². The second kappa shape index (κ2) is 9.56. The maximum absolute atomic E-state index is 11.5. The second-order valence-corrected chi connectivity index (χ2v) is 4.57. The fourth-order valence-electron chi connectivity index (χ4n) is 1.53. The number of nitrogens with two attached hydrogens (primary N) is 1. The molecule has 6 heteroatoms. The molecule has 0 unspecified atom stereocenters. The fourth-order valence-corrected chi connectivity index (χ4v) is 1.53. The lowest BCUT2D eigenvalue weighted by molar-refractivity contribution is 0.0906. The topological polar surface area (TPSA) is 84.7 Å². The predicted octanol–water partition coefficient (Wildman–Crippen LogP) is 2.24. The number of rotatable bonds is 7. The first-order chi connectivity index (χ1) is 8.47. The molecule has 0 aliphatic carbocycles. The standard InChI is InChI=1S/C12H25N3O3/c1-4-18-12(17)15(14-11(13)16)9-7-5-6-8-10(2)3/h10H,4-9H2,1-3H3,(H3,13,14,16). The first kappa shape index (κ1) is 16.5. The van der Waals surface area contributed by atoms with Gasteiger partial charge in [0, 0.05) is 6.54 Å². The molecular formula is C12H25N3O3. The highest BCUT2D eigenvalue weighted by atomic mass is 16.6. The monoisotopic (exact) mass is 259 g/mol. The first-order valence-corrected chi connectivity index (χ1v) is 6.47. The summed E-state index contributed by atoms with van der Waals surface area (Å²) in [5, 5.41) is 1.13. The van der Waals surface area contributed by atoms with Gasteiger partial charge >= 0.3 is 12.1 Å². The van der Waals surface area contributed by atoms with Crippen LogP contribution in [0.2, 0.25) is 0 Å². The van der Waals surface area contributed by atoms with Crippen LogP contribution in [0.4, 0.5) is 9.59 Å². The van der Waals surface area contributed by atoms with Crippen LogP contribution < -0.4 is 11.2 Å². The molecule has 0 spiro atoms. The van der Waals surface area contributed by atoms with Crippen LogP contribution in [0.15, 0.2) is 0 Å². The van der Waals surface area contributed by atoms with Crippen molar-refractivity contribution in [3.63, 3.8) is 0 Å². The molecule has 0 atom stereocenters. The zero-order chi connectivity index (χ0) is 14.0. The van der Waals surface area contributed by atoms with Crippen LogP contribution in [0.1, 0.15) is 46.5 Å². The molecular weight excluding hydrogens is 234 g/mol. The van der Waals surface area contributed by atoms with Crippen LogP contribution in [0.25, 0.3) is 0 Å². The molecule has 106 valence electrons. The van der Waals surface area contributed by atoms with Gasteiger partial charge in [-0.05, 0) is 19.3 Å². The van der Waals surface area contributed by atoms with E-state index in [0.717, 1.165) is 24.3 Å². The van der Waals surface area contributed by atoms with Gasteiger partial charge in [-0.2, -0.15) is 0 Å². The van der Waals surface area contributed by atoms with E-state index in [4.69, 9.17) is 10.5 Å². The quantitative estimate of drug-likeness (QED) is 0.543. The highest BCUT2D eigenvalue weighted by molar-refractivity contribution is 5.76. The highest BCUT2D eigenvalue weighted by Gasteiger charge is 2.15. The van der Waals surface area contributed by atoms with Gasteiger partial charge in [-0.15, -0.1) is 0 Å². The number of carbonyl (C=O) groups is 2. The normalized spacial score (nSPS) is 10.2. The highest BCUT2D eigenvalue weighted by Crippen LogP contribution is 2.08. The molecule has 0 fully saturated rings. The van der Waals surface area contributed by atoms with Crippen LogP contribution in [0, 0.1) is 5.92 Å². The molecule has 18 heavy (non-hydrogen) atoms. The van der Waals surface area contributed by atoms with Crippen LogP contribution >= 0.6 is 0 Å². The van der Waals surface area contributed by atoms with Gasteiger partial charge < -0.3 is 10.5 Å². The zero-order valence-corrected chi connectivity index (χ0v) is 11.6. The second-order valence-electron chi connectivity index (χ2n) is 4.57. The summed E-state index contributed by atoms with van der Waals surface area (Å²) in [6.07, 6.45) is 3.54. The number of unbranched alkanes of at least 4 members (excludes halogenated alkanes) is 2. The van der Waals surface area contributed by atoms with Crippen molar-refractivity contribution in [1.29, 1.82) is 0 Å². The summed E-state index contributed by atoms with van der Waals surface area (Å²) < 4.78 is 4.82. The number of hydrogen-bond donors (Lipinski definition) is 2. The van der Waals surface area contributed by atoms with E-state index in [1.54, 1.807) is 6.92 Å². The summed E-state index contributed by atoms with van der Waals surface area (Å²) in [6.45, 7) is 6.76. The third-order valence-electron chi connectivity index (χ3n) is 2.40. The van der Waals surface area contributed by atoms with Crippen molar-refractivity contribution in [2.75, 3.05) is 13.2 Å². The maximum Gasteiger partial charge on any atom is 0.428 e. The number of ether oxygens (including phenoxy) is 1. The van der Waals surface area contributed by atoms with Crippen molar-refractivity contribution < 1.29 is 14.3 Å². The molecule has 0 aromatic carbocycles. The van der Waals surface area contributed by atoms with Crippen LogP contribution in [-0.4, -0.2) is 30.3 Å². The molecule has 3 amide bonds. The minimum absolute atomic E-state index is 0.267. The summed E-state index contributed by atoms with van der Waals surface area (Å²) in [4.78, 5) is 22.2. The van der Waals surface area contributed by atoms with E-state index >= 15 is 0 Å². The zero-order valence-electron chi connectivity index (χ0n) is 11.6. The summed E-state index contributed by atoms with van der Waals surface area (Å²) in [6, 6.07) is -0.759. The van der Waals surface area contributed by atoms with Crippen molar-refractivity contribution in [3.05, 3.63) is 0 Å². The Labute approximate surface area is 109 Å². The van der Waals surface area contributed by atoms with Gasteiger partial charge in [0.25, 0.3) is 0 Å². The molecule has 0 heterocycles. The number of nitrogens with one attached hydrogen (secondary N) is 1. The molecule has 6 nitrogen and oxygen atoms in total. The average Bonchev–Trinajstić information content (AvgIpc) is 2.26. The van der Waals surface area contributed by atoms with Crippen molar-refractivity contribution in [2.24, 2.45) is 11.7 Å². The number of nitrogens with zero attached hydrogens (tertiary/aromatic N) is 1. The van der Waals surface area contributed by atoms with Gasteiger partial charge in [0.05, 0.1) is 6.61 Å². The van der Waals surface area contributed by atoms with E-state index in [1.165, 1.54) is 6.42 Å². The lowest BCUT2D eigenvalue weighted by atomic mass is 10.1. The van der Waals surface area contributed by atoms with E-state index < -0.39 is 12.1 Å². The van der Waals surface area contributed by atoms with Gasteiger partial charge in [0.2, 0.25) is 0 Å². The molecule has 0 saturated heterocycles. The minimum atomic E-state index is -0.759. The summed E-state index contributed by atoms with van der Waals surface area (Å²) in [5.74, 6) is 0.690. The first-order valence-electron chi connectivity index (χ1n) is 6.47. The molecule has 0 saturated carbocycles. The Balaban J connectivity index is 3.93. The fraction of sp³-hybridized carbons (Fsp3) is 0.833.